The van der Waals surface area contributed by atoms with Gasteiger partial charge in [0.25, 0.3) is 5.91 Å². The standard InChI is InChI=1S/C12H10BrFN2O/c1-6-8(12(15)17)5-11(16-6)9-4-7(13)2-3-10(9)14/h2-5,16H,1H3,(H2,15,17). The second kappa shape index (κ2) is 4.33. The Bertz CT molecular complexity index is 592. The van der Waals surface area contributed by atoms with Crippen molar-refractivity contribution in [2.24, 2.45) is 5.73 Å². The first kappa shape index (κ1) is 11.9. The number of hydrogen-bond donors (Lipinski definition) is 2. The van der Waals surface area contributed by atoms with Crippen LogP contribution in [0.15, 0.2) is 28.7 Å². The number of aryl methyl sites for hydroxylation is 1. The molecular formula is C12H10BrFN2O. The first-order valence-corrected chi connectivity index (χ1v) is 5.73. The predicted molar refractivity (Wildman–Crippen MR) is 67.1 cm³/mol. The van der Waals surface area contributed by atoms with Crippen molar-refractivity contribution in [1.29, 1.82) is 0 Å². The lowest BCUT2D eigenvalue weighted by atomic mass is 10.1. The second-order valence-electron chi connectivity index (χ2n) is 3.71. The van der Waals surface area contributed by atoms with Crippen molar-refractivity contribution >= 4 is 21.8 Å². The molecule has 5 heteroatoms. The Morgan fingerprint density at radius 3 is 2.71 bits per heavy atom. The van der Waals surface area contributed by atoms with Crippen molar-refractivity contribution in [3.63, 3.8) is 0 Å². The zero-order valence-corrected chi connectivity index (χ0v) is 10.6. The summed E-state index contributed by atoms with van der Waals surface area (Å²) in [5.41, 5.74) is 7.15. The minimum Gasteiger partial charge on any atom is -0.366 e. The van der Waals surface area contributed by atoms with Crippen LogP contribution in [0.2, 0.25) is 0 Å². The van der Waals surface area contributed by atoms with E-state index in [2.05, 4.69) is 20.9 Å². The van der Waals surface area contributed by atoms with Gasteiger partial charge in [-0.15, -0.1) is 0 Å². The molecule has 3 N–H and O–H groups in total. The van der Waals surface area contributed by atoms with Gasteiger partial charge in [0, 0.05) is 21.4 Å². The third-order valence-electron chi connectivity index (χ3n) is 2.50. The van der Waals surface area contributed by atoms with E-state index in [9.17, 15) is 9.18 Å². The van der Waals surface area contributed by atoms with E-state index in [0.29, 0.717) is 22.5 Å². The molecule has 0 radical (unpaired) electrons. The lowest BCUT2D eigenvalue weighted by Gasteiger charge is -2.01. The number of nitrogens with two attached hydrogens (primary N) is 1. The lowest BCUT2D eigenvalue weighted by molar-refractivity contribution is 0.1000. The van der Waals surface area contributed by atoms with E-state index in [1.54, 1.807) is 25.1 Å². The Morgan fingerprint density at radius 1 is 1.41 bits per heavy atom. The van der Waals surface area contributed by atoms with Crippen molar-refractivity contribution in [2.45, 2.75) is 6.92 Å². The number of amides is 1. The predicted octanol–water partition coefficient (Wildman–Crippen LogP) is 2.99. The molecule has 2 aromatic rings. The number of H-pyrrole nitrogens is 1. The molecule has 17 heavy (non-hydrogen) atoms. The van der Waals surface area contributed by atoms with E-state index >= 15 is 0 Å². The molecule has 0 saturated heterocycles. The molecule has 0 unspecified atom stereocenters. The molecule has 0 aliphatic heterocycles. The van der Waals surface area contributed by atoms with Crippen LogP contribution in [0.1, 0.15) is 16.1 Å². The Hall–Kier alpha value is -1.62. The van der Waals surface area contributed by atoms with Gasteiger partial charge in [-0.25, -0.2) is 4.39 Å². The summed E-state index contributed by atoms with van der Waals surface area (Å²) in [7, 11) is 0. The molecule has 1 aromatic heterocycles. The number of aromatic amines is 1. The molecule has 1 aromatic carbocycles. The highest BCUT2D eigenvalue weighted by Gasteiger charge is 2.13. The molecule has 3 nitrogen and oxygen atoms in total. The van der Waals surface area contributed by atoms with Crippen LogP contribution in [0.3, 0.4) is 0 Å². The number of benzene rings is 1. The normalized spacial score (nSPS) is 10.5. The van der Waals surface area contributed by atoms with Gasteiger partial charge in [-0.1, -0.05) is 15.9 Å². The molecule has 0 bridgehead atoms. The number of hydrogen-bond acceptors (Lipinski definition) is 1. The maximum Gasteiger partial charge on any atom is 0.250 e. The van der Waals surface area contributed by atoms with Crippen molar-refractivity contribution in [3.05, 3.63) is 45.8 Å². The van der Waals surface area contributed by atoms with E-state index in [0.717, 1.165) is 4.47 Å². The summed E-state index contributed by atoms with van der Waals surface area (Å²) in [6.07, 6.45) is 0. The van der Waals surface area contributed by atoms with Crippen LogP contribution in [-0.4, -0.2) is 10.9 Å². The Morgan fingerprint density at radius 2 is 2.12 bits per heavy atom. The van der Waals surface area contributed by atoms with Gasteiger partial charge in [-0.2, -0.15) is 0 Å². The van der Waals surface area contributed by atoms with Gasteiger partial charge in [0.1, 0.15) is 5.82 Å². The van der Waals surface area contributed by atoms with E-state index in [-0.39, 0.29) is 5.82 Å². The molecule has 0 spiro atoms. The second-order valence-corrected chi connectivity index (χ2v) is 4.63. The third-order valence-corrected chi connectivity index (χ3v) is 2.99. The van der Waals surface area contributed by atoms with Gasteiger partial charge in [0.2, 0.25) is 0 Å². The lowest BCUT2D eigenvalue weighted by Crippen LogP contribution is -2.10. The first-order valence-electron chi connectivity index (χ1n) is 4.94. The minimum absolute atomic E-state index is 0.356. The van der Waals surface area contributed by atoms with Crippen molar-refractivity contribution < 1.29 is 9.18 Å². The van der Waals surface area contributed by atoms with Crippen molar-refractivity contribution in [1.82, 2.24) is 4.98 Å². The number of rotatable bonds is 2. The minimum atomic E-state index is -0.527. The zero-order chi connectivity index (χ0) is 12.6. The van der Waals surface area contributed by atoms with Crippen LogP contribution in [0.25, 0.3) is 11.3 Å². The van der Waals surface area contributed by atoms with Gasteiger partial charge in [0.15, 0.2) is 0 Å². The van der Waals surface area contributed by atoms with Gasteiger partial charge < -0.3 is 10.7 Å². The topological polar surface area (TPSA) is 58.9 Å². The largest absolute Gasteiger partial charge is 0.366 e. The number of nitrogens with one attached hydrogen (secondary N) is 1. The molecule has 0 aliphatic carbocycles. The molecule has 1 amide bonds. The Labute approximate surface area is 106 Å². The van der Waals surface area contributed by atoms with Gasteiger partial charge >= 0.3 is 0 Å². The number of halogens is 2. The van der Waals surface area contributed by atoms with Crippen LogP contribution in [0.5, 0.6) is 0 Å². The van der Waals surface area contributed by atoms with Crippen LogP contribution in [0, 0.1) is 12.7 Å². The van der Waals surface area contributed by atoms with Crippen molar-refractivity contribution in [3.8, 4) is 11.3 Å². The zero-order valence-electron chi connectivity index (χ0n) is 9.05. The highest BCUT2D eigenvalue weighted by atomic mass is 79.9. The number of carbonyl (C=O) groups is 1. The van der Waals surface area contributed by atoms with E-state index in [1.165, 1.54) is 6.07 Å². The monoisotopic (exact) mass is 296 g/mol. The fourth-order valence-corrected chi connectivity index (χ4v) is 2.02. The molecule has 0 aliphatic rings. The summed E-state index contributed by atoms with van der Waals surface area (Å²) in [6, 6.07) is 6.18. The number of primary amides is 1. The fourth-order valence-electron chi connectivity index (χ4n) is 1.66. The van der Waals surface area contributed by atoms with E-state index < -0.39 is 5.91 Å². The molecular weight excluding hydrogens is 287 g/mol. The molecule has 2 rings (SSSR count). The molecule has 0 atom stereocenters. The van der Waals surface area contributed by atoms with Gasteiger partial charge in [0.05, 0.1) is 5.56 Å². The van der Waals surface area contributed by atoms with Crippen LogP contribution in [0.4, 0.5) is 4.39 Å². The number of aromatic nitrogens is 1. The maximum absolute atomic E-state index is 13.6. The van der Waals surface area contributed by atoms with Gasteiger partial charge in [-0.05, 0) is 31.2 Å². The van der Waals surface area contributed by atoms with Crippen LogP contribution in [-0.2, 0) is 0 Å². The van der Waals surface area contributed by atoms with E-state index in [1.807, 2.05) is 0 Å². The summed E-state index contributed by atoms with van der Waals surface area (Å²) >= 11 is 3.28. The average molecular weight is 297 g/mol. The SMILES string of the molecule is Cc1[nH]c(-c2cc(Br)ccc2F)cc1C(N)=O. The van der Waals surface area contributed by atoms with Crippen LogP contribution < -0.4 is 5.73 Å². The van der Waals surface area contributed by atoms with Gasteiger partial charge in [-0.3, -0.25) is 4.79 Å². The van der Waals surface area contributed by atoms with E-state index in [4.69, 9.17) is 5.73 Å². The highest BCUT2D eigenvalue weighted by Crippen LogP contribution is 2.27. The summed E-state index contributed by atoms with van der Waals surface area (Å²) in [6.45, 7) is 1.72. The third kappa shape index (κ3) is 2.24. The van der Waals surface area contributed by atoms with Crippen molar-refractivity contribution in [2.75, 3.05) is 0 Å². The first-order chi connectivity index (χ1) is 7.99. The Balaban J connectivity index is 2.57. The molecule has 0 saturated carbocycles. The Kier molecular flexibility index (Phi) is 3.02. The summed E-state index contributed by atoms with van der Waals surface area (Å²) < 4.78 is 14.4. The molecule has 0 fully saturated rings. The average Bonchev–Trinajstić information content (AvgIpc) is 2.64. The highest BCUT2D eigenvalue weighted by molar-refractivity contribution is 9.10. The quantitative estimate of drug-likeness (QED) is 0.879. The summed E-state index contributed by atoms with van der Waals surface area (Å²) in [4.78, 5) is 14.1. The molecule has 88 valence electrons. The maximum atomic E-state index is 13.6. The summed E-state index contributed by atoms with van der Waals surface area (Å²) in [5.74, 6) is -0.883. The van der Waals surface area contributed by atoms with Crippen LogP contribution >= 0.6 is 15.9 Å². The molecule has 1 heterocycles. The smallest absolute Gasteiger partial charge is 0.250 e. The fraction of sp³-hybridized carbons (Fsp3) is 0.0833. The summed E-state index contributed by atoms with van der Waals surface area (Å²) in [5, 5.41) is 0. The number of carbonyl (C=O) groups excluding carboxylic acids is 1.